The molecule has 20 heavy (non-hydrogen) atoms. The lowest BCUT2D eigenvalue weighted by Crippen LogP contribution is -2.09. The molecular weight excluding hydrogens is 278 g/mol. The van der Waals surface area contributed by atoms with Gasteiger partial charge in [0.2, 0.25) is 0 Å². The first-order chi connectivity index (χ1) is 9.51. The third-order valence-corrected chi connectivity index (χ3v) is 3.77. The van der Waals surface area contributed by atoms with Crippen molar-refractivity contribution in [3.05, 3.63) is 48.5 Å². The molecule has 0 heterocycles. The molecule has 0 atom stereocenters. The third-order valence-electron chi connectivity index (χ3n) is 2.51. The van der Waals surface area contributed by atoms with Crippen LogP contribution in [0.15, 0.2) is 53.4 Å². The molecule has 2 N–H and O–H groups in total. The number of anilines is 1. The van der Waals surface area contributed by atoms with E-state index in [9.17, 15) is 8.42 Å². The van der Waals surface area contributed by atoms with E-state index in [1.54, 1.807) is 24.3 Å². The first-order valence-corrected chi connectivity index (χ1v) is 7.45. The van der Waals surface area contributed by atoms with Crippen LogP contribution in [0.4, 0.5) is 5.69 Å². The fraction of sp³-hybridized carbons (Fsp3) is 0.143. The predicted octanol–water partition coefficient (Wildman–Crippen LogP) is 2.44. The topological polar surface area (TPSA) is 78.6 Å². The van der Waals surface area contributed by atoms with Gasteiger partial charge in [0.25, 0.3) is 0 Å². The van der Waals surface area contributed by atoms with Gasteiger partial charge in [-0.15, -0.1) is 0 Å². The van der Waals surface area contributed by atoms with Crippen LogP contribution in [0.1, 0.15) is 6.92 Å². The first kappa shape index (κ1) is 14.2. The summed E-state index contributed by atoms with van der Waals surface area (Å²) in [5, 5.41) is 0. The van der Waals surface area contributed by atoms with Gasteiger partial charge in [-0.05, 0) is 55.5 Å². The minimum Gasteiger partial charge on any atom is -0.494 e. The lowest BCUT2D eigenvalue weighted by atomic mass is 10.3. The van der Waals surface area contributed by atoms with E-state index in [0.717, 1.165) is 0 Å². The van der Waals surface area contributed by atoms with Crippen molar-refractivity contribution in [2.75, 3.05) is 12.3 Å². The SMILES string of the molecule is CCOc1ccc(S(=O)(=O)Oc2ccc(N)cc2)cc1. The highest BCUT2D eigenvalue weighted by Gasteiger charge is 2.16. The summed E-state index contributed by atoms with van der Waals surface area (Å²) in [6.07, 6.45) is 0. The minimum atomic E-state index is -3.85. The molecule has 6 heteroatoms. The highest BCUT2D eigenvalue weighted by molar-refractivity contribution is 7.87. The van der Waals surface area contributed by atoms with Gasteiger partial charge in [-0.1, -0.05) is 0 Å². The maximum atomic E-state index is 12.1. The summed E-state index contributed by atoms with van der Waals surface area (Å²) in [4.78, 5) is 0.0674. The zero-order valence-electron chi connectivity index (χ0n) is 10.9. The molecular formula is C14H15NO4S. The van der Waals surface area contributed by atoms with Crippen LogP contribution >= 0.6 is 0 Å². The summed E-state index contributed by atoms with van der Waals surface area (Å²) in [6.45, 7) is 2.38. The van der Waals surface area contributed by atoms with Gasteiger partial charge in [-0.2, -0.15) is 8.42 Å². The quantitative estimate of drug-likeness (QED) is 0.676. The first-order valence-electron chi connectivity index (χ1n) is 6.04. The van der Waals surface area contributed by atoms with Gasteiger partial charge in [0.05, 0.1) is 6.61 Å². The number of hydrogen-bond donors (Lipinski definition) is 1. The molecule has 2 rings (SSSR count). The van der Waals surface area contributed by atoms with Crippen molar-refractivity contribution in [1.29, 1.82) is 0 Å². The summed E-state index contributed by atoms with van der Waals surface area (Å²) in [5.41, 5.74) is 6.07. The van der Waals surface area contributed by atoms with E-state index in [0.29, 0.717) is 18.0 Å². The molecule has 0 fully saturated rings. The van der Waals surface area contributed by atoms with Crippen molar-refractivity contribution < 1.29 is 17.3 Å². The van der Waals surface area contributed by atoms with E-state index in [2.05, 4.69) is 0 Å². The summed E-state index contributed by atoms with van der Waals surface area (Å²) in [6, 6.07) is 12.2. The fourth-order valence-corrected chi connectivity index (χ4v) is 2.50. The van der Waals surface area contributed by atoms with Gasteiger partial charge in [0, 0.05) is 5.69 Å². The third kappa shape index (κ3) is 3.42. The Balaban J connectivity index is 2.19. The number of nitrogens with two attached hydrogens (primary N) is 1. The Kier molecular flexibility index (Phi) is 4.14. The Bertz CT molecular complexity index is 663. The standard InChI is InChI=1S/C14H15NO4S/c1-2-18-12-7-9-14(10-8-12)20(16,17)19-13-5-3-11(15)4-6-13/h3-10H,2,15H2,1H3. The zero-order chi connectivity index (χ0) is 14.6. The lowest BCUT2D eigenvalue weighted by molar-refractivity contribution is 0.340. The Morgan fingerprint density at radius 3 is 2.05 bits per heavy atom. The number of nitrogen functional groups attached to an aromatic ring is 1. The van der Waals surface area contributed by atoms with Crippen molar-refractivity contribution in [3.63, 3.8) is 0 Å². The molecule has 0 radical (unpaired) electrons. The van der Waals surface area contributed by atoms with E-state index >= 15 is 0 Å². The van der Waals surface area contributed by atoms with Gasteiger partial charge >= 0.3 is 10.1 Å². The zero-order valence-corrected chi connectivity index (χ0v) is 11.8. The van der Waals surface area contributed by atoms with Crippen LogP contribution in [0.25, 0.3) is 0 Å². The molecule has 2 aromatic rings. The number of benzene rings is 2. The maximum Gasteiger partial charge on any atom is 0.339 e. The predicted molar refractivity (Wildman–Crippen MR) is 76.3 cm³/mol. The van der Waals surface area contributed by atoms with E-state index in [1.807, 2.05) is 6.92 Å². The number of ether oxygens (including phenoxy) is 1. The van der Waals surface area contributed by atoms with Gasteiger partial charge in [0.15, 0.2) is 0 Å². The fourth-order valence-electron chi connectivity index (χ4n) is 1.57. The summed E-state index contributed by atoms with van der Waals surface area (Å²) in [5.74, 6) is 0.826. The van der Waals surface area contributed by atoms with Crippen molar-refractivity contribution in [2.24, 2.45) is 0 Å². The Hall–Kier alpha value is -2.21. The van der Waals surface area contributed by atoms with Crippen molar-refractivity contribution in [2.45, 2.75) is 11.8 Å². The second kappa shape index (κ2) is 5.83. The van der Waals surface area contributed by atoms with Crippen LogP contribution in [0.3, 0.4) is 0 Å². The molecule has 0 saturated heterocycles. The van der Waals surface area contributed by atoms with Crippen LogP contribution in [-0.4, -0.2) is 15.0 Å². The number of rotatable bonds is 5. The van der Waals surface area contributed by atoms with Gasteiger partial charge in [0.1, 0.15) is 16.4 Å². The highest BCUT2D eigenvalue weighted by atomic mass is 32.2. The van der Waals surface area contributed by atoms with Gasteiger partial charge in [-0.25, -0.2) is 0 Å². The summed E-state index contributed by atoms with van der Waals surface area (Å²) in [7, 11) is -3.85. The van der Waals surface area contributed by atoms with E-state index in [-0.39, 0.29) is 10.6 Å². The molecule has 0 amide bonds. The second-order valence-electron chi connectivity index (χ2n) is 4.01. The molecule has 0 spiro atoms. The average Bonchev–Trinajstić information content (AvgIpc) is 2.42. The van der Waals surface area contributed by atoms with Crippen molar-refractivity contribution in [1.82, 2.24) is 0 Å². The lowest BCUT2D eigenvalue weighted by Gasteiger charge is -2.08. The van der Waals surface area contributed by atoms with Crippen molar-refractivity contribution in [3.8, 4) is 11.5 Å². The molecule has 0 saturated carbocycles. The minimum absolute atomic E-state index is 0.0674. The maximum absolute atomic E-state index is 12.1. The Labute approximate surface area is 118 Å². The van der Waals surface area contributed by atoms with E-state index < -0.39 is 10.1 Å². The Morgan fingerprint density at radius 2 is 1.50 bits per heavy atom. The van der Waals surface area contributed by atoms with Crippen molar-refractivity contribution >= 4 is 15.8 Å². The Morgan fingerprint density at radius 1 is 0.950 bits per heavy atom. The smallest absolute Gasteiger partial charge is 0.339 e. The van der Waals surface area contributed by atoms with E-state index in [4.69, 9.17) is 14.7 Å². The second-order valence-corrected chi connectivity index (χ2v) is 5.56. The summed E-state index contributed by atoms with van der Waals surface area (Å²) < 4.78 is 34.4. The molecule has 0 bridgehead atoms. The monoisotopic (exact) mass is 293 g/mol. The molecule has 2 aromatic carbocycles. The number of hydrogen-bond acceptors (Lipinski definition) is 5. The molecule has 0 aliphatic rings. The molecule has 0 aliphatic heterocycles. The molecule has 106 valence electrons. The van der Waals surface area contributed by atoms with Crippen LogP contribution < -0.4 is 14.7 Å². The van der Waals surface area contributed by atoms with Crippen LogP contribution in [0.2, 0.25) is 0 Å². The molecule has 0 aliphatic carbocycles. The highest BCUT2D eigenvalue weighted by Crippen LogP contribution is 2.21. The van der Waals surface area contributed by atoms with Crippen LogP contribution in [0.5, 0.6) is 11.5 Å². The summed E-state index contributed by atoms with van der Waals surface area (Å²) >= 11 is 0. The van der Waals surface area contributed by atoms with E-state index in [1.165, 1.54) is 24.3 Å². The van der Waals surface area contributed by atoms with Crippen LogP contribution in [-0.2, 0) is 10.1 Å². The average molecular weight is 293 g/mol. The molecule has 0 unspecified atom stereocenters. The molecule has 5 nitrogen and oxygen atoms in total. The van der Waals surface area contributed by atoms with Gasteiger partial charge < -0.3 is 14.7 Å². The molecule has 0 aromatic heterocycles. The van der Waals surface area contributed by atoms with Gasteiger partial charge in [-0.3, -0.25) is 0 Å². The largest absolute Gasteiger partial charge is 0.494 e. The van der Waals surface area contributed by atoms with Crippen LogP contribution in [0, 0.1) is 0 Å². The normalized spacial score (nSPS) is 11.1.